The van der Waals surface area contributed by atoms with Gasteiger partial charge in [-0.3, -0.25) is 4.90 Å². The van der Waals surface area contributed by atoms with E-state index in [0.29, 0.717) is 12.1 Å². The molecule has 0 amide bonds. The first-order valence-corrected chi connectivity index (χ1v) is 6.62. The summed E-state index contributed by atoms with van der Waals surface area (Å²) in [6.45, 7) is 1.08. The van der Waals surface area contributed by atoms with Gasteiger partial charge >= 0.3 is 0 Å². The van der Waals surface area contributed by atoms with Gasteiger partial charge in [0.15, 0.2) is 0 Å². The molecule has 0 radical (unpaired) electrons. The van der Waals surface area contributed by atoms with E-state index in [9.17, 15) is 0 Å². The molecule has 1 aliphatic carbocycles. The third-order valence-electron chi connectivity index (χ3n) is 3.30. The van der Waals surface area contributed by atoms with Crippen LogP contribution in [0.15, 0.2) is 17.5 Å². The second-order valence-electron chi connectivity index (χ2n) is 4.57. The summed E-state index contributed by atoms with van der Waals surface area (Å²) in [4.78, 5) is 3.92. The molecule has 1 aliphatic rings. The van der Waals surface area contributed by atoms with Crippen LogP contribution >= 0.6 is 11.3 Å². The molecule has 0 spiro atoms. The Morgan fingerprint density at radius 2 is 2.40 bits per heavy atom. The Morgan fingerprint density at radius 1 is 1.53 bits per heavy atom. The minimum atomic E-state index is 0.425. The summed E-state index contributed by atoms with van der Waals surface area (Å²) in [5.74, 6) is 0. The standard InChI is InChI=1S/C12H20N2S/c1-14(9-12-6-3-7-15-12)11-5-2-4-10(13)8-11/h3,6-7,10-11H,2,4-5,8-9,13H2,1H3. The van der Waals surface area contributed by atoms with Gasteiger partial charge in [-0.1, -0.05) is 12.5 Å². The van der Waals surface area contributed by atoms with Crippen LogP contribution in [0.25, 0.3) is 0 Å². The second-order valence-corrected chi connectivity index (χ2v) is 5.61. The van der Waals surface area contributed by atoms with E-state index in [1.165, 1.54) is 30.6 Å². The van der Waals surface area contributed by atoms with E-state index in [-0.39, 0.29) is 0 Å². The molecule has 84 valence electrons. The molecule has 2 N–H and O–H groups in total. The molecular formula is C12H20N2S. The van der Waals surface area contributed by atoms with E-state index < -0.39 is 0 Å². The predicted octanol–water partition coefficient (Wildman–Crippen LogP) is 2.45. The monoisotopic (exact) mass is 224 g/mol. The van der Waals surface area contributed by atoms with Crippen LogP contribution < -0.4 is 5.73 Å². The van der Waals surface area contributed by atoms with Crippen molar-refractivity contribution in [2.75, 3.05) is 7.05 Å². The number of hydrogen-bond acceptors (Lipinski definition) is 3. The van der Waals surface area contributed by atoms with E-state index in [4.69, 9.17) is 5.73 Å². The lowest BCUT2D eigenvalue weighted by Crippen LogP contribution is -2.40. The van der Waals surface area contributed by atoms with Crippen molar-refractivity contribution in [1.82, 2.24) is 4.90 Å². The zero-order chi connectivity index (χ0) is 10.7. The largest absolute Gasteiger partial charge is 0.328 e. The topological polar surface area (TPSA) is 29.3 Å². The Labute approximate surface area is 96.1 Å². The van der Waals surface area contributed by atoms with Crippen LogP contribution in [-0.4, -0.2) is 24.0 Å². The summed E-state index contributed by atoms with van der Waals surface area (Å²) >= 11 is 1.84. The Kier molecular flexibility index (Phi) is 3.78. The van der Waals surface area contributed by atoms with E-state index in [2.05, 4.69) is 29.5 Å². The average molecular weight is 224 g/mol. The number of nitrogens with two attached hydrogens (primary N) is 1. The van der Waals surface area contributed by atoms with Crippen LogP contribution in [0.3, 0.4) is 0 Å². The maximum absolute atomic E-state index is 6.01. The summed E-state index contributed by atoms with van der Waals surface area (Å²) in [5, 5.41) is 2.15. The molecule has 1 aromatic rings. The third kappa shape index (κ3) is 3.03. The molecule has 3 heteroatoms. The van der Waals surface area contributed by atoms with E-state index in [0.717, 1.165) is 6.54 Å². The number of thiophene rings is 1. The minimum Gasteiger partial charge on any atom is -0.328 e. The molecular weight excluding hydrogens is 204 g/mol. The molecule has 2 unspecified atom stereocenters. The lowest BCUT2D eigenvalue weighted by Gasteiger charge is -2.33. The van der Waals surface area contributed by atoms with Gasteiger partial charge in [0.25, 0.3) is 0 Å². The molecule has 2 rings (SSSR count). The highest BCUT2D eigenvalue weighted by Gasteiger charge is 2.22. The fraction of sp³-hybridized carbons (Fsp3) is 0.667. The van der Waals surface area contributed by atoms with Crippen molar-refractivity contribution in [3.63, 3.8) is 0 Å². The lowest BCUT2D eigenvalue weighted by molar-refractivity contribution is 0.175. The molecule has 0 saturated heterocycles. The molecule has 1 saturated carbocycles. The van der Waals surface area contributed by atoms with Gasteiger partial charge in [-0.25, -0.2) is 0 Å². The van der Waals surface area contributed by atoms with Gasteiger partial charge in [0.05, 0.1) is 0 Å². The van der Waals surface area contributed by atoms with Gasteiger partial charge in [-0.05, 0) is 37.8 Å². The zero-order valence-electron chi connectivity index (χ0n) is 9.36. The second kappa shape index (κ2) is 5.10. The molecule has 0 aliphatic heterocycles. The highest BCUT2D eigenvalue weighted by atomic mass is 32.1. The van der Waals surface area contributed by atoms with Crippen LogP contribution in [0.2, 0.25) is 0 Å². The maximum Gasteiger partial charge on any atom is 0.0327 e. The average Bonchev–Trinajstić information content (AvgIpc) is 2.70. The molecule has 2 nitrogen and oxygen atoms in total. The van der Waals surface area contributed by atoms with Crippen LogP contribution in [-0.2, 0) is 6.54 Å². The summed E-state index contributed by atoms with van der Waals surface area (Å²) < 4.78 is 0. The summed E-state index contributed by atoms with van der Waals surface area (Å²) in [6.07, 6.45) is 4.99. The van der Waals surface area contributed by atoms with Crippen molar-refractivity contribution in [2.24, 2.45) is 5.73 Å². The zero-order valence-corrected chi connectivity index (χ0v) is 10.2. The van der Waals surface area contributed by atoms with Crippen LogP contribution in [0.4, 0.5) is 0 Å². The first-order valence-electron chi connectivity index (χ1n) is 5.74. The molecule has 0 aromatic carbocycles. The van der Waals surface area contributed by atoms with Crippen molar-refractivity contribution in [3.05, 3.63) is 22.4 Å². The van der Waals surface area contributed by atoms with Crippen molar-refractivity contribution in [1.29, 1.82) is 0 Å². The fourth-order valence-corrected chi connectivity index (χ4v) is 3.15. The minimum absolute atomic E-state index is 0.425. The van der Waals surface area contributed by atoms with Crippen molar-refractivity contribution >= 4 is 11.3 Å². The van der Waals surface area contributed by atoms with Crippen molar-refractivity contribution < 1.29 is 0 Å². The third-order valence-corrected chi connectivity index (χ3v) is 4.16. The van der Waals surface area contributed by atoms with E-state index in [1.807, 2.05) is 11.3 Å². The SMILES string of the molecule is CN(Cc1cccs1)C1CCCC(N)C1. The first kappa shape index (κ1) is 11.1. The van der Waals surface area contributed by atoms with E-state index >= 15 is 0 Å². The molecule has 1 heterocycles. The number of nitrogens with zero attached hydrogens (tertiary/aromatic N) is 1. The van der Waals surface area contributed by atoms with Crippen molar-refractivity contribution in [3.8, 4) is 0 Å². The Morgan fingerprint density at radius 3 is 3.07 bits per heavy atom. The van der Waals surface area contributed by atoms with Gasteiger partial charge in [-0.2, -0.15) is 0 Å². The summed E-state index contributed by atoms with van der Waals surface area (Å²) in [5.41, 5.74) is 6.01. The highest BCUT2D eigenvalue weighted by molar-refractivity contribution is 7.09. The summed E-state index contributed by atoms with van der Waals surface area (Å²) in [7, 11) is 2.22. The van der Waals surface area contributed by atoms with Gasteiger partial charge in [0.1, 0.15) is 0 Å². The fourth-order valence-electron chi connectivity index (χ4n) is 2.38. The lowest BCUT2D eigenvalue weighted by atomic mass is 9.91. The van der Waals surface area contributed by atoms with Gasteiger partial charge in [-0.15, -0.1) is 11.3 Å². The molecule has 0 bridgehead atoms. The van der Waals surface area contributed by atoms with Gasteiger partial charge < -0.3 is 5.73 Å². The van der Waals surface area contributed by atoms with Crippen LogP contribution in [0.5, 0.6) is 0 Å². The Hall–Kier alpha value is -0.380. The highest BCUT2D eigenvalue weighted by Crippen LogP contribution is 2.23. The quantitative estimate of drug-likeness (QED) is 0.854. The van der Waals surface area contributed by atoms with Gasteiger partial charge in [0.2, 0.25) is 0 Å². The Bertz CT molecular complexity index is 284. The van der Waals surface area contributed by atoms with Gasteiger partial charge in [0, 0.05) is 23.5 Å². The van der Waals surface area contributed by atoms with Crippen LogP contribution in [0, 0.1) is 0 Å². The molecule has 1 aromatic heterocycles. The predicted molar refractivity (Wildman–Crippen MR) is 66.0 cm³/mol. The van der Waals surface area contributed by atoms with Crippen molar-refractivity contribution in [2.45, 2.75) is 44.3 Å². The molecule has 2 atom stereocenters. The van der Waals surface area contributed by atoms with E-state index in [1.54, 1.807) is 0 Å². The number of hydrogen-bond donors (Lipinski definition) is 1. The molecule has 15 heavy (non-hydrogen) atoms. The number of rotatable bonds is 3. The summed E-state index contributed by atoms with van der Waals surface area (Å²) in [6, 6.07) is 5.45. The van der Waals surface area contributed by atoms with Crippen LogP contribution in [0.1, 0.15) is 30.6 Å². The maximum atomic E-state index is 6.01. The first-order chi connectivity index (χ1) is 7.25. The smallest absolute Gasteiger partial charge is 0.0327 e. The normalized spacial score (nSPS) is 27.1. The molecule has 1 fully saturated rings. The Balaban J connectivity index is 1.87.